The van der Waals surface area contributed by atoms with Crippen LogP contribution in [0.4, 0.5) is 0 Å². The smallest absolute Gasteiger partial charge is 0.242 e. The Morgan fingerprint density at radius 3 is 2.35 bits per heavy atom. The van der Waals surface area contributed by atoms with E-state index in [9.17, 15) is 9.59 Å². The molecule has 0 aliphatic carbocycles. The predicted octanol–water partition coefficient (Wildman–Crippen LogP) is 1.17. The first-order valence-electron chi connectivity index (χ1n) is 5.59. The van der Waals surface area contributed by atoms with Crippen molar-refractivity contribution in [3.05, 3.63) is 35.9 Å². The van der Waals surface area contributed by atoms with Crippen LogP contribution in [0.5, 0.6) is 0 Å². The second kappa shape index (κ2) is 6.03. The molecule has 92 valence electrons. The van der Waals surface area contributed by atoms with Gasteiger partial charge in [-0.3, -0.25) is 9.59 Å². The molecule has 1 unspecified atom stereocenters. The highest BCUT2D eigenvalue weighted by Gasteiger charge is 2.22. The van der Waals surface area contributed by atoms with E-state index in [4.69, 9.17) is 0 Å². The summed E-state index contributed by atoms with van der Waals surface area (Å²) in [5.41, 5.74) is 1.01. The standard InChI is InChI=1S/C13H18N2O2/c1-10(13(17)14-3)15(11(2)16)9-12-7-5-4-6-8-12/h4-8,10H,9H2,1-3H3,(H,14,17). The predicted molar refractivity (Wildman–Crippen MR) is 66.2 cm³/mol. The minimum absolute atomic E-state index is 0.107. The van der Waals surface area contributed by atoms with Crippen LogP contribution in [0.2, 0.25) is 0 Å². The summed E-state index contributed by atoms with van der Waals surface area (Å²) >= 11 is 0. The highest BCUT2D eigenvalue weighted by molar-refractivity contribution is 5.86. The zero-order valence-corrected chi connectivity index (χ0v) is 10.4. The molecule has 17 heavy (non-hydrogen) atoms. The zero-order valence-electron chi connectivity index (χ0n) is 10.4. The van der Waals surface area contributed by atoms with Gasteiger partial charge in [0.2, 0.25) is 11.8 Å². The molecule has 0 fully saturated rings. The van der Waals surface area contributed by atoms with E-state index in [2.05, 4.69) is 5.32 Å². The summed E-state index contributed by atoms with van der Waals surface area (Å²) in [4.78, 5) is 24.6. The molecule has 1 rings (SSSR count). The van der Waals surface area contributed by atoms with Gasteiger partial charge in [0.05, 0.1) is 0 Å². The number of amides is 2. The number of benzene rings is 1. The Morgan fingerprint density at radius 2 is 1.88 bits per heavy atom. The Bertz CT molecular complexity index is 390. The van der Waals surface area contributed by atoms with Gasteiger partial charge in [0.1, 0.15) is 6.04 Å². The maximum atomic E-state index is 11.6. The molecule has 0 bridgehead atoms. The number of nitrogens with zero attached hydrogens (tertiary/aromatic N) is 1. The molecule has 0 spiro atoms. The fourth-order valence-electron chi connectivity index (χ4n) is 1.65. The number of carbonyl (C=O) groups excluding carboxylic acids is 2. The minimum atomic E-state index is -0.460. The summed E-state index contributed by atoms with van der Waals surface area (Å²) in [5, 5.41) is 2.55. The number of rotatable bonds is 4. The lowest BCUT2D eigenvalue weighted by Crippen LogP contribution is -2.45. The molecular formula is C13H18N2O2. The van der Waals surface area contributed by atoms with Crippen LogP contribution in [0, 0.1) is 0 Å². The third kappa shape index (κ3) is 3.59. The molecule has 0 saturated carbocycles. The average Bonchev–Trinajstić information content (AvgIpc) is 2.35. The minimum Gasteiger partial charge on any atom is -0.357 e. The van der Waals surface area contributed by atoms with Crippen molar-refractivity contribution in [1.29, 1.82) is 0 Å². The maximum absolute atomic E-state index is 11.6. The number of hydrogen-bond donors (Lipinski definition) is 1. The molecule has 4 nitrogen and oxygen atoms in total. The van der Waals surface area contributed by atoms with Crippen molar-refractivity contribution in [1.82, 2.24) is 10.2 Å². The Labute approximate surface area is 102 Å². The first-order chi connectivity index (χ1) is 8.06. The summed E-state index contributed by atoms with van der Waals surface area (Å²) in [6.07, 6.45) is 0. The van der Waals surface area contributed by atoms with Crippen LogP contribution in [-0.4, -0.2) is 29.8 Å². The molecule has 0 aliphatic heterocycles. The van der Waals surface area contributed by atoms with Crippen molar-refractivity contribution in [2.24, 2.45) is 0 Å². The van der Waals surface area contributed by atoms with Gasteiger partial charge >= 0.3 is 0 Å². The van der Waals surface area contributed by atoms with Crippen LogP contribution in [-0.2, 0) is 16.1 Å². The lowest BCUT2D eigenvalue weighted by atomic mass is 10.1. The highest BCUT2D eigenvalue weighted by atomic mass is 16.2. The Hall–Kier alpha value is -1.84. The summed E-state index contributed by atoms with van der Waals surface area (Å²) in [7, 11) is 1.57. The molecule has 1 aromatic carbocycles. The van der Waals surface area contributed by atoms with Crippen LogP contribution in [0.15, 0.2) is 30.3 Å². The van der Waals surface area contributed by atoms with Gasteiger partial charge in [0, 0.05) is 20.5 Å². The van der Waals surface area contributed by atoms with Gasteiger partial charge in [0.15, 0.2) is 0 Å². The number of hydrogen-bond acceptors (Lipinski definition) is 2. The van der Waals surface area contributed by atoms with Gasteiger partial charge in [-0.1, -0.05) is 30.3 Å². The molecule has 0 aliphatic rings. The van der Waals surface area contributed by atoms with Crippen molar-refractivity contribution < 1.29 is 9.59 Å². The van der Waals surface area contributed by atoms with Crippen molar-refractivity contribution in [3.8, 4) is 0 Å². The zero-order chi connectivity index (χ0) is 12.8. The second-order valence-electron chi connectivity index (χ2n) is 3.92. The van der Waals surface area contributed by atoms with Crippen LogP contribution < -0.4 is 5.32 Å². The third-order valence-electron chi connectivity index (χ3n) is 2.69. The fraction of sp³-hybridized carbons (Fsp3) is 0.385. The van der Waals surface area contributed by atoms with Crippen molar-refractivity contribution in [2.45, 2.75) is 26.4 Å². The fourth-order valence-corrected chi connectivity index (χ4v) is 1.65. The second-order valence-corrected chi connectivity index (χ2v) is 3.92. The van der Waals surface area contributed by atoms with Crippen LogP contribution in [0.3, 0.4) is 0 Å². The van der Waals surface area contributed by atoms with Gasteiger partial charge in [-0.15, -0.1) is 0 Å². The van der Waals surface area contributed by atoms with Crippen molar-refractivity contribution in [2.75, 3.05) is 7.05 Å². The average molecular weight is 234 g/mol. The Balaban J connectivity index is 2.81. The van der Waals surface area contributed by atoms with E-state index in [0.29, 0.717) is 6.54 Å². The Kier molecular flexibility index (Phi) is 4.69. The van der Waals surface area contributed by atoms with Crippen molar-refractivity contribution in [3.63, 3.8) is 0 Å². The van der Waals surface area contributed by atoms with Gasteiger partial charge in [-0.05, 0) is 12.5 Å². The monoisotopic (exact) mass is 234 g/mol. The molecule has 0 radical (unpaired) electrons. The van der Waals surface area contributed by atoms with E-state index in [0.717, 1.165) is 5.56 Å². The molecule has 1 atom stereocenters. The summed E-state index contributed by atoms with van der Waals surface area (Å²) in [6.45, 7) is 3.65. The molecule has 2 amide bonds. The van der Waals surface area contributed by atoms with Crippen molar-refractivity contribution >= 4 is 11.8 Å². The molecule has 1 aromatic rings. The number of likely N-dealkylation sites (N-methyl/N-ethyl adjacent to an activating group) is 1. The van der Waals surface area contributed by atoms with E-state index < -0.39 is 6.04 Å². The summed E-state index contributed by atoms with van der Waals surface area (Å²) in [6, 6.07) is 9.16. The first-order valence-corrected chi connectivity index (χ1v) is 5.59. The maximum Gasteiger partial charge on any atom is 0.242 e. The molecular weight excluding hydrogens is 216 g/mol. The lowest BCUT2D eigenvalue weighted by molar-refractivity contribution is -0.138. The van der Waals surface area contributed by atoms with E-state index >= 15 is 0 Å². The summed E-state index contributed by atoms with van der Waals surface area (Å²) in [5.74, 6) is -0.263. The summed E-state index contributed by atoms with van der Waals surface area (Å²) < 4.78 is 0. The first kappa shape index (κ1) is 13.2. The molecule has 0 aromatic heterocycles. The molecule has 1 N–H and O–H groups in total. The van der Waals surface area contributed by atoms with E-state index in [1.165, 1.54) is 6.92 Å². The van der Waals surface area contributed by atoms with Crippen LogP contribution in [0.25, 0.3) is 0 Å². The quantitative estimate of drug-likeness (QED) is 0.850. The molecule has 4 heteroatoms. The Morgan fingerprint density at radius 1 is 1.29 bits per heavy atom. The number of carbonyl (C=O) groups is 2. The van der Waals surface area contributed by atoms with Crippen LogP contribution >= 0.6 is 0 Å². The normalized spacial score (nSPS) is 11.7. The van der Waals surface area contributed by atoms with E-state index in [1.54, 1.807) is 18.9 Å². The lowest BCUT2D eigenvalue weighted by Gasteiger charge is -2.26. The third-order valence-corrected chi connectivity index (χ3v) is 2.69. The van der Waals surface area contributed by atoms with Gasteiger partial charge in [0.25, 0.3) is 0 Å². The number of nitrogens with one attached hydrogen (secondary N) is 1. The topological polar surface area (TPSA) is 49.4 Å². The SMILES string of the molecule is CNC(=O)C(C)N(Cc1ccccc1)C(C)=O. The largest absolute Gasteiger partial charge is 0.357 e. The van der Waals surface area contributed by atoms with E-state index in [-0.39, 0.29) is 11.8 Å². The van der Waals surface area contributed by atoms with E-state index in [1.807, 2.05) is 30.3 Å². The van der Waals surface area contributed by atoms with Gasteiger partial charge in [-0.2, -0.15) is 0 Å². The van der Waals surface area contributed by atoms with Gasteiger partial charge < -0.3 is 10.2 Å². The highest BCUT2D eigenvalue weighted by Crippen LogP contribution is 2.08. The van der Waals surface area contributed by atoms with Gasteiger partial charge in [-0.25, -0.2) is 0 Å². The molecule has 0 heterocycles. The van der Waals surface area contributed by atoms with Crippen LogP contribution in [0.1, 0.15) is 19.4 Å². The molecule has 0 saturated heterocycles.